The number of nitrogens with zero attached hydrogens (tertiary/aromatic N) is 2. The first kappa shape index (κ1) is 12.9. The van der Waals surface area contributed by atoms with Crippen molar-refractivity contribution in [2.75, 3.05) is 13.7 Å². The van der Waals surface area contributed by atoms with E-state index in [4.69, 9.17) is 15.0 Å². The Hall–Kier alpha value is -0.590. The van der Waals surface area contributed by atoms with Gasteiger partial charge in [0.2, 0.25) is 0 Å². The van der Waals surface area contributed by atoms with Crippen molar-refractivity contribution >= 4 is 11.8 Å². The molecule has 0 bridgehead atoms. The van der Waals surface area contributed by atoms with Crippen LogP contribution in [0.3, 0.4) is 0 Å². The third-order valence-corrected chi connectivity index (χ3v) is 4.38. The van der Waals surface area contributed by atoms with Gasteiger partial charge >= 0.3 is 0 Å². The van der Waals surface area contributed by atoms with E-state index < -0.39 is 0 Å². The summed E-state index contributed by atoms with van der Waals surface area (Å²) in [6.07, 6.45) is 5.06. The lowest BCUT2D eigenvalue weighted by molar-refractivity contribution is 0.0804. The molecule has 0 radical (unpaired) electrons. The highest BCUT2D eigenvalue weighted by molar-refractivity contribution is 7.99. The van der Waals surface area contributed by atoms with Crippen molar-refractivity contribution in [2.45, 2.75) is 42.8 Å². The second kappa shape index (κ2) is 6.37. The van der Waals surface area contributed by atoms with Gasteiger partial charge in [-0.25, -0.2) is 0 Å². The fourth-order valence-corrected chi connectivity index (χ4v) is 3.17. The van der Waals surface area contributed by atoms with Gasteiger partial charge in [-0.2, -0.15) is 16.7 Å². The molecule has 0 aromatic carbocycles. The Balaban J connectivity index is 1.84. The van der Waals surface area contributed by atoms with Gasteiger partial charge < -0.3 is 15.0 Å². The zero-order valence-corrected chi connectivity index (χ0v) is 10.9. The molecule has 1 heterocycles. The molecule has 0 spiro atoms. The Labute approximate surface area is 105 Å². The van der Waals surface area contributed by atoms with Gasteiger partial charge in [-0.1, -0.05) is 18.0 Å². The van der Waals surface area contributed by atoms with Gasteiger partial charge in [0.25, 0.3) is 5.89 Å². The van der Waals surface area contributed by atoms with Crippen LogP contribution in [0.5, 0.6) is 0 Å². The highest BCUT2D eigenvalue weighted by Crippen LogP contribution is 2.31. The summed E-state index contributed by atoms with van der Waals surface area (Å²) in [5.41, 5.74) is 5.54. The number of ether oxygens (including phenoxy) is 1. The lowest BCUT2D eigenvalue weighted by Gasteiger charge is -2.06. The zero-order valence-electron chi connectivity index (χ0n) is 10.1. The van der Waals surface area contributed by atoms with E-state index in [-0.39, 0.29) is 6.10 Å². The van der Waals surface area contributed by atoms with Crippen LogP contribution < -0.4 is 5.73 Å². The zero-order chi connectivity index (χ0) is 12.1. The maximum atomic E-state index is 5.54. The summed E-state index contributed by atoms with van der Waals surface area (Å²) >= 11 is 1.92. The molecule has 0 aliphatic heterocycles. The second-order valence-corrected chi connectivity index (χ2v) is 5.52. The van der Waals surface area contributed by atoms with Gasteiger partial charge in [-0.3, -0.25) is 0 Å². The van der Waals surface area contributed by atoms with E-state index in [2.05, 4.69) is 10.1 Å². The minimum absolute atomic E-state index is 0.285. The molecule has 1 unspecified atom stereocenters. The van der Waals surface area contributed by atoms with Crippen molar-refractivity contribution in [1.29, 1.82) is 0 Å². The monoisotopic (exact) mass is 257 g/mol. The number of hydrogen-bond acceptors (Lipinski definition) is 6. The molecular formula is C11H19N3O2S. The normalized spacial score (nSPS) is 18.7. The molecule has 1 saturated carbocycles. The van der Waals surface area contributed by atoms with Crippen molar-refractivity contribution in [2.24, 2.45) is 5.73 Å². The maximum Gasteiger partial charge on any atom is 0.257 e. The fraction of sp³-hybridized carbons (Fsp3) is 0.818. The Morgan fingerprint density at radius 2 is 2.29 bits per heavy atom. The molecule has 1 atom stereocenters. The molecule has 1 aliphatic rings. The SMILES string of the molecule is COC(CN)c1nc(CSC2CCCC2)no1. The molecule has 6 heteroatoms. The molecule has 2 N–H and O–H groups in total. The first-order valence-electron chi connectivity index (χ1n) is 6.00. The van der Waals surface area contributed by atoms with Crippen LogP contribution in [0, 0.1) is 0 Å². The van der Waals surface area contributed by atoms with Crippen LogP contribution in [-0.2, 0) is 10.5 Å². The van der Waals surface area contributed by atoms with Crippen LogP contribution >= 0.6 is 11.8 Å². The summed E-state index contributed by atoms with van der Waals surface area (Å²) in [4.78, 5) is 4.31. The van der Waals surface area contributed by atoms with Crippen molar-refractivity contribution in [3.8, 4) is 0 Å². The molecular weight excluding hydrogens is 238 g/mol. The molecule has 17 heavy (non-hydrogen) atoms. The number of thioether (sulfide) groups is 1. The molecule has 0 amide bonds. The number of methoxy groups -OCH3 is 1. The maximum absolute atomic E-state index is 5.54. The molecule has 96 valence electrons. The van der Waals surface area contributed by atoms with E-state index in [9.17, 15) is 0 Å². The summed E-state index contributed by atoms with van der Waals surface area (Å²) in [6, 6.07) is 0. The summed E-state index contributed by atoms with van der Waals surface area (Å²) < 4.78 is 10.3. The van der Waals surface area contributed by atoms with Gasteiger partial charge in [-0.15, -0.1) is 0 Å². The number of nitrogens with two attached hydrogens (primary N) is 1. The highest BCUT2D eigenvalue weighted by atomic mass is 32.2. The Kier molecular flexibility index (Phi) is 4.82. The van der Waals surface area contributed by atoms with Gasteiger partial charge in [0.15, 0.2) is 5.82 Å². The van der Waals surface area contributed by atoms with Crippen LogP contribution in [0.4, 0.5) is 0 Å². The van der Waals surface area contributed by atoms with Crippen molar-refractivity contribution in [3.05, 3.63) is 11.7 Å². The largest absolute Gasteiger partial charge is 0.370 e. The van der Waals surface area contributed by atoms with Crippen LogP contribution in [-0.4, -0.2) is 29.0 Å². The summed E-state index contributed by atoms with van der Waals surface area (Å²) in [6.45, 7) is 0.355. The Morgan fingerprint density at radius 3 is 2.94 bits per heavy atom. The van der Waals surface area contributed by atoms with Crippen molar-refractivity contribution in [1.82, 2.24) is 10.1 Å². The lowest BCUT2D eigenvalue weighted by atomic mass is 10.3. The molecule has 1 aromatic heterocycles. The third kappa shape index (κ3) is 3.43. The van der Waals surface area contributed by atoms with Crippen LogP contribution in [0.2, 0.25) is 0 Å². The Bertz CT molecular complexity index is 335. The number of hydrogen-bond donors (Lipinski definition) is 1. The summed E-state index contributed by atoms with van der Waals surface area (Å²) in [5, 5.41) is 4.72. The summed E-state index contributed by atoms with van der Waals surface area (Å²) in [5.74, 6) is 2.04. The molecule has 5 nitrogen and oxygen atoms in total. The van der Waals surface area contributed by atoms with E-state index in [1.54, 1.807) is 7.11 Å². The number of rotatable bonds is 6. The molecule has 2 rings (SSSR count). The first-order chi connectivity index (χ1) is 8.33. The molecule has 1 fully saturated rings. The highest BCUT2D eigenvalue weighted by Gasteiger charge is 2.19. The minimum atomic E-state index is -0.285. The quantitative estimate of drug-likeness (QED) is 0.839. The van der Waals surface area contributed by atoms with Crippen LogP contribution in [0.25, 0.3) is 0 Å². The van der Waals surface area contributed by atoms with Gasteiger partial charge in [0.05, 0.1) is 5.75 Å². The predicted molar refractivity (Wildman–Crippen MR) is 66.7 cm³/mol. The van der Waals surface area contributed by atoms with Gasteiger partial charge in [-0.05, 0) is 12.8 Å². The molecule has 1 aliphatic carbocycles. The van der Waals surface area contributed by atoms with E-state index >= 15 is 0 Å². The fourth-order valence-electron chi connectivity index (χ4n) is 2.00. The first-order valence-corrected chi connectivity index (χ1v) is 7.05. The van der Waals surface area contributed by atoms with Gasteiger partial charge in [0, 0.05) is 18.9 Å². The van der Waals surface area contributed by atoms with Crippen LogP contribution in [0.15, 0.2) is 4.52 Å². The topological polar surface area (TPSA) is 74.2 Å². The van der Waals surface area contributed by atoms with E-state index in [1.165, 1.54) is 25.7 Å². The number of aromatic nitrogens is 2. The third-order valence-electron chi connectivity index (χ3n) is 3.01. The molecule has 0 saturated heterocycles. The van der Waals surface area contributed by atoms with Gasteiger partial charge in [0.1, 0.15) is 6.10 Å². The van der Waals surface area contributed by atoms with Crippen molar-refractivity contribution in [3.63, 3.8) is 0 Å². The van der Waals surface area contributed by atoms with E-state index in [0.29, 0.717) is 12.4 Å². The molecule has 1 aromatic rings. The van der Waals surface area contributed by atoms with Crippen molar-refractivity contribution < 1.29 is 9.26 Å². The average molecular weight is 257 g/mol. The smallest absolute Gasteiger partial charge is 0.257 e. The second-order valence-electron chi connectivity index (χ2n) is 4.23. The predicted octanol–water partition coefficient (Wildman–Crippen LogP) is 1.89. The lowest BCUT2D eigenvalue weighted by Crippen LogP contribution is -2.14. The van der Waals surface area contributed by atoms with Crippen LogP contribution in [0.1, 0.15) is 43.5 Å². The average Bonchev–Trinajstić information content (AvgIpc) is 2.99. The Morgan fingerprint density at radius 1 is 1.53 bits per heavy atom. The van der Waals surface area contributed by atoms with E-state index in [0.717, 1.165) is 16.8 Å². The minimum Gasteiger partial charge on any atom is -0.370 e. The standard InChI is InChI=1S/C11H19N3O2S/c1-15-9(6-12)11-13-10(14-16-11)7-17-8-4-2-3-5-8/h8-9H,2-7,12H2,1H3. The van der Waals surface area contributed by atoms with E-state index in [1.807, 2.05) is 11.8 Å². The summed E-state index contributed by atoms with van der Waals surface area (Å²) in [7, 11) is 1.59.